The van der Waals surface area contributed by atoms with Crippen LogP contribution in [0.5, 0.6) is 0 Å². The van der Waals surface area contributed by atoms with Crippen molar-refractivity contribution >= 4 is 23.2 Å². The number of anilines is 1. The van der Waals surface area contributed by atoms with Gasteiger partial charge in [0.25, 0.3) is 0 Å². The second kappa shape index (κ2) is 4.42. The van der Waals surface area contributed by atoms with Crippen molar-refractivity contribution in [2.24, 2.45) is 5.92 Å². The van der Waals surface area contributed by atoms with Crippen LogP contribution in [0.4, 0.5) is 10.1 Å². The average Bonchev–Trinajstić information content (AvgIpc) is 2.60. The summed E-state index contributed by atoms with van der Waals surface area (Å²) in [6, 6.07) is 4.47. The maximum atomic E-state index is 12.9. The first-order chi connectivity index (χ1) is 7.61. The third kappa shape index (κ3) is 2.05. The lowest BCUT2D eigenvalue weighted by atomic mass is 10.1. The van der Waals surface area contributed by atoms with Gasteiger partial charge in [0, 0.05) is 24.5 Å². The summed E-state index contributed by atoms with van der Waals surface area (Å²) < 4.78 is 12.9. The number of rotatable bonds is 2. The molecule has 0 spiro atoms. The topological polar surface area (TPSA) is 20.3 Å². The lowest BCUT2D eigenvalue weighted by Crippen LogP contribution is -2.25. The van der Waals surface area contributed by atoms with E-state index >= 15 is 0 Å². The van der Waals surface area contributed by atoms with Crippen LogP contribution in [0.25, 0.3) is 0 Å². The molecule has 86 valence electrons. The monoisotopic (exact) mass is 241 g/mol. The molecule has 1 atom stereocenters. The number of halogens is 2. The van der Waals surface area contributed by atoms with Gasteiger partial charge in [-0.2, -0.15) is 0 Å². The van der Waals surface area contributed by atoms with Crippen molar-refractivity contribution in [3.05, 3.63) is 29.6 Å². The molecule has 0 radical (unpaired) electrons. The Morgan fingerprint density at radius 3 is 2.88 bits per heavy atom. The van der Waals surface area contributed by atoms with Crippen LogP contribution in [0, 0.1) is 18.7 Å². The highest BCUT2D eigenvalue weighted by molar-refractivity contribution is 6.18. The minimum atomic E-state index is -0.276. The fourth-order valence-electron chi connectivity index (χ4n) is 2.04. The normalized spacial score (nSPS) is 20.6. The van der Waals surface area contributed by atoms with E-state index in [9.17, 15) is 9.18 Å². The number of carbonyl (C=O) groups is 1. The molecule has 1 aliphatic heterocycles. The number of benzene rings is 1. The number of carbonyl (C=O) groups excluding carboxylic acids is 1. The minimum absolute atomic E-state index is 0.0698. The fourth-order valence-corrected chi connectivity index (χ4v) is 2.25. The summed E-state index contributed by atoms with van der Waals surface area (Å²) in [6.07, 6.45) is 0.486. The van der Waals surface area contributed by atoms with E-state index in [0.29, 0.717) is 18.8 Å². The minimum Gasteiger partial charge on any atom is -0.312 e. The largest absolute Gasteiger partial charge is 0.312 e. The molecule has 0 N–H and O–H groups in total. The first kappa shape index (κ1) is 11.4. The van der Waals surface area contributed by atoms with Crippen molar-refractivity contribution in [1.82, 2.24) is 0 Å². The summed E-state index contributed by atoms with van der Waals surface area (Å²) >= 11 is 5.75. The Hall–Kier alpha value is -1.09. The third-order valence-corrected chi connectivity index (χ3v) is 3.31. The van der Waals surface area contributed by atoms with Gasteiger partial charge in [0.05, 0.1) is 0 Å². The van der Waals surface area contributed by atoms with Gasteiger partial charge in [-0.1, -0.05) is 0 Å². The summed E-state index contributed by atoms with van der Waals surface area (Å²) in [6.45, 7) is 2.44. The molecule has 1 aliphatic rings. The number of aryl methyl sites for hydroxylation is 1. The second-order valence-corrected chi connectivity index (χ2v) is 4.47. The number of nitrogens with zero attached hydrogens (tertiary/aromatic N) is 1. The van der Waals surface area contributed by atoms with Crippen molar-refractivity contribution < 1.29 is 9.18 Å². The molecule has 0 saturated carbocycles. The molecule has 2 nitrogen and oxygen atoms in total. The van der Waals surface area contributed by atoms with Crippen LogP contribution in [-0.4, -0.2) is 18.3 Å². The predicted octanol–water partition coefficient (Wildman–Crippen LogP) is 2.73. The molecule has 0 aliphatic carbocycles. The Morgan fingerprint density at radius 2 is 2.31 bits per heavy atom. The van der Waals surface area contributed by atoms with Gasteiger partial charge in [-0.3, -0.25) is 4.79 Å². The van der Waals surface area contributed by atoms with Crippen molar-refractivity contribution in [1.29, 1.82) is 0 Å². The molecule has 1 heterocycles. The predicted molar refractivity (Wildman–Crippen MR) is 62.3 cm³/mol. The summed E-state index contributed by atoms with van der Waals surface area (Å²) in [5, 5.41) is 0. The van der Waals surface area contributed by atoms with Crippen LogP contribution in [0.1, 0.15) is 12.0 Å². The maximum absolute atomic E-state index is 12.9. The van der Waals surface area contributed by atoms with E-state index in [1.807, 2.05) is 0 Å². The summed E-state index contributed by atoms with van der Waals surface area (Å²) in [7, 11) is 0. The second-order valence-electron chi connectivity index (χ2n) is 4.16. The van der Waals surface area contributed by atoms with Crippen molar-refractivity contribution in [2.75, 3.05) is 17.3 Å². The number of hydrogen-bond acceptors (Lipinski definition) is 1. The fraction of sp³-hybridized carbons (Fsp3) is 0.417. The molecule has 4 heteroatoms. The van der Waals surface area contributed by atoms with Crippen molar-refractivity contribution in [3.63, 3.8) is 0 Å². The average molecular weight is 242 g/mol. The molecule has 1 saturated heterocycles. The SMILES string of the molecule is Cc1cc(F)ccc1N1CC(CCl)CC1=O. The van der Waals surface area contributed by atoms with Gasteiger partial charge < -0.3 is 4.90 Å². The van der Waals surface area contributed by atoms with Gasteiger partial charge >= 0.3 is 0 Å². The number of hydrogen-bond donors (Lipinski definition) is 0. The van der Waals surface area contributed by atoms with Gasteiger partial charge in [-0.25, -0.2) is 4.39 Å². The maximum Gasteiger partial charge on any atom is 0.227 e. The third-order valence-electron chi connectivity index (χ3n) is 2.87. The Morgan fingerprint density at radius 1 is 1.56 bits per heavy atom. The molecule has 1 fully saturated rings. The molecule has 16 heavy (non-hydrogen) atoms. The highest BCUT2D eigenvalue weighted by Gasteiger charge is 2.30. The van der Waals surface area contributed by atoms with Crippen LogP contribution < -0.4 is 4.90 Å². The molecule has 1 unspecified atom stereocenters. The summed E-state index contributed by atoms with van der Waals surface area (Å²) in [4.78, 5) is 13.5. The lowest BCUT2D eigenvalue weighted by Gasteiger charge is -2.18. The van der Waals surface area contributed by atoms with E-state index in [0.717, 1.165) is 11.3 Å². The van der Waals surface area contributed by atoms with Gasteiger partial charge in [-0.05, 0) is 36.6 Å². The quantitative estimate of drug-likeness (QED) is 0.729. The van der Waals surface area contributed by atoms with Gasteiger partial charge in [0.1, 0.15) is 5.82 Å². The van der Waals surface area contributed by atoms with E-state index in [-0.39, 0.29) is 17.6 Å². The zero-order valence-corrected chi connectivity index (χ0v) is 9.80. The lowest BCUT2D eigenvalue weighted by molar-refractivity contribution is -0.117. The number of amides is 1. The van der Waals surface area contributed by atoms with E-state index < -0.39 is 0 Å². The van der Waals surface area contributed by atoms with Crippen LogP contribution >= 0.6 is 11.6 Å². The molecule has 0 bridgehead atoms. The summed E-state index contributed by atoms with van der Waals surface area (Å²) in [5.74, 6) is 0.489. The van der Waals surface area contributed by atoms with E-state index in [4.69, 9.17) is 11.6 Å². The Balaban J connectivity index is 2.28. The standard InChI is InChI=1S/C12H13ClFNO/c1-8-4-10(14)2-3-11(8)15-7-9(6-13)5-12(15)16/h2-4,9H,5-7H2,1H3. The Kier molecular flexibility index (Phi) is 3.15. The van der Waals surface area contributed by atoms with Gasteiger partial charge in [0.2, 0.25) is 5.91 Å². The molecule has 1 aromatic carbocycles. The van der Waals surface area contributed by atoms with Crippen molar-refractivity contribution in [3.8, 4) is 0 Å². The van der Waals surface area contributed by atoms with Gasteiger partial charge in [0.15, 0.2) is 0 Å². The van der Waals surface area contributed by atoms with E-state index in [1.54, 1.807) is 17.9 Å². The Bertz CT molecular complexity index is 421. The first-order valence-corrected chi connectivity index (χ1v) is 5.77. The smallest absolute Gasteiger partial charge is 0.227 e. The molecular weight excluding hydrogens is 229 g/mol. The summed E-state index contributed by atoms with van der Waals surface area (Å²) in [5.41, 5.74) is 1.57. The zero-order valence-electron chi connectivity index (χ0n) is 9.04. The Labute approximate surface area is 99.0 Å². The highest BCUT2D eigenvalue weighted by Crippen LogP contribution is 2.28. The zero-order chi connectivity index (χ0) is 11.7. The van der Waals surface area contributed by atoms with E-state index in [1.165, 1.54) is 12.1 Å². The first-order valence-electron chi connectivity index (χ1n) is 5.24. The van der Waals surface area contributed by atoms with Crippen LogP contribution in [0.3, 0.4) is 0 Å². The highest BCUT2D eigenvalue weighted by atomic mass is 35.5. The van der Waals surface area contributed by atoms with Crippen LogP contribution in [-0.2, 0) is 4.79 Å². The van der Waals surface area contributed by atoms with E-state index in [2.05, 4.69) is 0 Å². The number of alkyl halides is 1. The van der Waals surface area contributed by atoms with Crippen LogP contribution in [0.15, 0.2) is 18.2 Å². The van der Waals surface area contributed by atoms with Crippen molar-refractivity contribution in [2.45, 2.75) is 13.3 Å². The van der Waals surface area contributed by atoms with Gasteiger partial charge in [-0.15, -0.1) is 11.6 Å². The molecule has 2 rings (SSSR count). The molecule has 0 aromatic heterocycles. The molecular formula is C12H13ClFNO. The van der Waals surface area contributed by atoms with Crippen LogP contribution in [0.2, 0.25) is 0 Å². The molecule has 1 aromatic rings. The molecule has 1 amide bonds.